The van der Waals surface area contributed by atoms with Crippen LogP contribution in [-0.2, 0) is 0 Å². The van der Waals surface area contributed by atoms with Gasteiger partial charge in [-0.3, -0.25) is 0 Å². The molecule has 0 radical (unpaired) electrons. The van der Waals surface area contributed by atoms with Crippen LogP contribution in [0.4, 0.5) is 5.69 Å². The van der Waals surface area contributed by atoms with Crippen molar-refractivity contribution in [3.63, 3.8) is 0 Å². The van der Waals surface area contributed by atoms with Gasteiger partial charge in [0.1, 0.15) is 5.75 Å². The molecule has 3 rings (SSSR count). The Morgan fingerprint density at radius 2 is 2.25 bits per heavy atom. The number of benzene rings is 1. The van der Waals surface area contributed by atoms with Gasteiger partial charge in [0.15, 0.2) is 5.11 Å². The van der Waals surface area contributed by atoms with Crippen molar-refractivity contribution in [3.8, 4) is 5.75 Å². The molecule has 1 aromatic rings. The Labute approximate surface area is 126 Å². The van der Waals surface area contributed by atoms with E-state index in [0.29, 0.717) is 12.6 Å². The fourth-order valence-corrected chi connectivity index (χ4v) is 3.86. The van der Waals surface area contributed by atoms with Crippen molar-refractivity contribution in [2.45, 2.75) is 38.6 Å². The van der Waals surface area contributed by atoms with Crippen molar-refractivity contribution in [2.75, 3.05) is 11.9 Å². The summed E-state index contributed by atoms with van der Waals surface area (Å²) >= 11 is 5.43. The minimum atomic E-state index is 0.573. The number of anilines is 1. The van der Waals surface area contributed by atoms with Crippen LogP contribution in [0.2, 0.25) is 0 Å². The highest BCUT2D eigenvalue weighted by Gasteiger charge is 2.39. The molecule has 3 atom stereocenters. The van der Waals surface area contributed by atoms with E-state index in [1.54, 1.807) is 0 Å². The Hall–Kier alpha value is -1.29. The van der Waals surface area contributed by atoms with E-state index in [4.69, 9.17) is 17.0 Å². The van der Waals surface area contributed by atoms with Crippen LogP contribution in [0.5, 0.6) is 5.75 Å². The number of fused-ring (bicyclic) bond motifs is 2. The highest BCUT2D eigenvalue weighted by molar-refractivity contribution is 7.80. The molecular formula is C16H22N2OS. The molecule has 0 saturated heterocycles. The number of thiocarbonyl (C=S) groups is 1. The molecule has 0 spiro atoms. The van der Waals surface area contributed by atoms with Gasteiger partial charge in [-0.1, -0.05) is 12.5 Å². The highest BCUT2D eigenvalue weighted by atomic mass is 32.1. The quantitative estimate of drug-likeness (QED) is 0.831. The van der Waals surface area contributed by atoms with Crippen LogP contribution >= 0.6 is 12.2 Å². The van der Waals surface area contributed by atoms with Gasteiger partial charge in [-0.25, -0.2) is 0 Å². The number of ether oxygens (including phenoxy) is 1. The second-order valence-electron chi connectivity index (χ2n) is 5.84. The maximum absolute atomic E-state index is 5.50. The first-order valence-corrected chi connectivity index (χ1v) is 7.96. The van der Waals surface area contributed by atoms with Gasteiger partial charge in [0.25, 0.3) is 0 Å². The molecule has 2 saturated carbocycles. The first-order chi connectivity index (χ1) is 9.74. The van der Waals surface area contributed by atoms with Crippen LogP contribution in [0.3, 0.4) is 0 Å². The fourth-order valence-electron chi connectivity index (χ4n) is 3.59. The molecule has 2 aliphatic carbocycles. The summed E-state index contributed by atoms with van der Waals surface area (Å²) in [7, 11) is 0. The summed E-state index contributed by atoms with van der Waals surface area (Å²) in [5.74, 6) is 2.64. The second kappa shape index (κ2) is 6.00. The van der Waals surface area contributed by atoms with E-state index in [-0.39, 0.29) is 0 Å². The lowest BCUT2D eigenvalue weighted by Crippen LogP contribution is -2.40. The molecule has 0 amide bonds. The zero-order valence-corrected chi connectivity index (χ0v) is 12.7. The van der Waals surface area contributed by atoms with Crippen LogP contribution in [0.25, 0.3) is 0 Å². The van der Waals surface area contributed by atoms with Gasteiger partial charge in [0.2, 0.25) is 0 Å². The van der Waals surface area contributed by atoms with Gasteiger partial charge in [-0.2, -0.15) is 0 Å². The Bertz CT molecular complexity index is 491. The van der Waals surface area contributed by atoms with Crippen molar-refractivity contribution in [1.82, 2.24) is 5.32 Å². The lowest BCUT2D eigenvalue weighted by molar-refractivity contribution is 0.340. The van der Waals surface area contributed by atoms with Crippen LogP contribution in [0.15, 0.2) is 24.3 Å². The highest BCUT2D eigenvalue weighted by Crippen LogP contribution is 2.44. The second-order valence-corrected chi connectivity index (χ2v) is 6.25. The number of hydrogen-bond acceptors (Lipinski definition) is 2. The predicted molar refractivity (Wildman–Crippen MR) is 86.2 cm³/mol. The summed E-state index contributed by atoms with van der Waals surface area (Å²) < 4.78 is 5.50. The summed E-state index contributed by atoms with van der Waals surface area (Å²) in [5.41, 5.74) is 0.983. The summed E-state index contributed by atoms with van der Waals surface area (Å²) in [6, 6.07) is 8.51. The third-order valence-electron chi connectivity index (χ3n) is 4.46. The molecule has 0 unspecified atom stereocenters. The Balaban J connectivity index is 1.54. The molecule has 2 fully saturated rings. The lowest BCUT2D eigenvalue weighted by atomic mass is 9.96. The predicted octanol–water partition coefficient (Wildman–Crippen LogP) is 3.56. The molecule has 1 aromatic carbocycles. The molecule has 0 aliphatic heterocycles. The first kappa shape index (κ1) is 13.7. The Morgan fingerprint density at radius 3 is 2.95 bits per heavy atom. The molecule has 4 heteroatoms. The van der Waals surface area contributed by atoms with Gasteiger partial charge in [0.05, 0.1) is 6.61 Å². The summed E-state index contributed by atoms with van der Waals surface area (Å²) in [5, 5.41) is 7.49. The van der Waals surface area contributed by atoms with Crippen molar-refractivity contribution >= 4 is 23.0 Å². The maximum atomic E-state index is 5.50. The molecular weight excluding hydrogens is 268 g/mol. The topological polar surface area (TPSA) is 33.3 Å². The standard InChI is InChI=1S/C16H22N2OS/c1-2-19-14-5-3-4-13(10-14)17-16(20)18-15-9-11-6-7-12(15)8-11/h3-5,10-12,15H,2,6-9H2,1H3,(H2,17,18,20)/t11-,12+,15+/m0/s1. The van der Waals surface area contributed by atoms with Crippen LogP contribution in [0.1, 0.15) is 32.6 Å². The number of hydrogen-bond donors (Lipinski definition) is 2. The third kappa shape index (κ3) is 3.06. The van der Waals surface area contributed by atoms with Crippen LogP contribution in [-0.4, -0.2) is 17.8 Å². The van der Waals surface area contributed by atoms with E-state index in [2.05, 4.69) is 10.6 Å². The SMILES string of the molecule is CCOc1cccc(NC(=S)N[C@@H]2C[C@H]3CC[C@@H]2C3)c1. The molecule has 0 aromatic heterocycles. The molecule has 108 valence electrons. The monoisotopic (exact) mass is 290 g/mol. The molecule has 0 heterocycles. The Kier molecular flexibility index (Phi) is 4.10. The molecule has 3 nitrogen and oxygen atoms in total. The molecule has 20 heavy (non-hydrogen) atoms. The van der Waals surface area contributed by atoms with E-state index in [0.717, 1.165) is 28.4 Å². The number of nitrogens with one attached hydrogen (secondary N) is 2. The fraction of sp³-hybridized carbons (Fsp3) is 0.562. The van der Waals surface area contributed by atoms with Gasteiger partial charge >= 0.3 is 0 Å². The van der Waals surface area contributed by atoms with E-state index >= 15 is 0 Å². The average Bonchev–Trinajstić information content (AvgIpc) is 3.01. The van der Waals surface area contributed by atoms with Gasteiger partial charge < -0.3 is 15.4 Å². The van der Waals surface area contributed by atoms with Crippen LogP contribution < -0.4 is 15.4 Å². The van der Waals surface area contributed by atoms with Crippen molar-refractivity contribution in [2.24, 2.45) is 11.8 Å². The largest absolute Gasteiger partial charge is 0.494 e. The summed E-state index contributed by atoms with van der Waals surface area (Å²) in [6.45, 7) is 2.67. The van der Waals surface area contributed by atoms with Crippen LogP contribution in [0, 0.1) is 11.8 Å². The van der Waals surface area contributed by atoms with Crippen molar-refractivity contribution in [3.05, 3.63) is 24.3 Å². The zero-order valence-electron chi connectivity index (χ0n) is 11.9. The average molecular weight is 290 g/mol. The normalized spacial score (nSPS) is 27.4. The van der Waals surface area contributed by atoms with Crippen molar-refractivity contribution in [1.29, 1.82) is 0 Å². The molecule has 2 bridgehead atoms. The van der Waals surface area contributed by atoms with Gasteiger partial charge in [0, 0.05) is 17.8 Å². The van der Waals surface area contributed by atoms with Gasteiger partial charge in [-0.05, 0) is 62.4 Å². The summed E-state index contributed by atoms with van der Waals surface area (Å²) in [4.78, 5) is 0. The maximum Gasteiger partial charge on any atom is 0.171 e. The van der Waals surface area contributed by atoms with Gasteiger partial charge in [-0.15, -0.1) is 0 Å². The van der Waals surface area contributed by atoms with E-state index in [1.165, 1.54) is 25.7 Å². The molecule has 2 N–H and O–H groups in total. The number of rotatable bonds is 4. The Morgan fingerprint density at radius 1 is 1.35 bits per heavy atom. The minimum Gasteiger partial charge on any atom is -0.494 e. The minimum absolute atomic E-state index is 0.573. The molecule has 2 aliphatic rings. The van der Waals surface area contributed by atoms with Crippen molar-refractivity contribution < 1.29 is 4.74 Å². The summed E-state index contributed by atoms with van der Waals surface area (Å²) in [6.07, 6.45) is 5.45. The zero-order chi connectivity index (χ0) is 13.9. The first-order valence-electron chi connectivity index (χ1n) is 7.55. The third-order valence-corrected chi connectivity index (χ3v) is 4.68. The van der Waals surface area contributed by atoms with E-state index in [9.17, 15) is 0 Å². The lowest BCUT2D eigenvalue weighted by Gasteiger charge is -2.24. The van der Waals surface area contributed by atoms with E-state index < -0.39 is 0 Å². The van der Waals surface area contributed by atoms with E-state index in [1.807, 2.05) is 31.2 Å². The smallest absolute Gasteiger partial charge is 0.171 e.